The van der Waals surface area contributed by atoms with Crippen molar-refractivity contribution in [1.29, 1.82) is 0 Å². The summed E-state index contributed by atoms with van der Waals surface area (Å²) in [4.78, 5) is 0. The van der Waals surface area contributed by atoms with E-state index in [1.807, 2.05) is 12.1 Å². The number of fused-ring (bicyclic) bond motifs is 1. The molecule has 5 heteroatoms. The van der Waals surface area contributed by atoms with Gasteiger partial charge in [-0.3, -0.25) is 0 Å². The number of hydrogen-bond acceptors (Lipinski definition) is 4. The van der Waals surface area contributed by atoms with Crippen molar-refractivity contribution < 1.29 is 18.9 Å². The predicted molar refractivity (Wildman–Crippen MR) is 75.6 cm³/mol. The fourth-order valence-corrected chi connectivity index (χ4v) is 2.16. The maximum absolute atomic E-state index is 5.59. The Morgan fingerprint density at radius 2 is 1.84 bits per heavy atom. The average Bonchev–Trinajstić information content (AvgIpc) is 2.84. The van der Waals surface area contributed by atoms with Crippen LogP contribution in [-0.4, -0.2) is 26.6 Å². The monoisotopic (exact) mass is 330 g/mol. The van der Waals surface area contributed by atoms with Crippen LogP contribution in [-0.2, 0) is 16.1 Å². The van der Waals surface area contributed by atoms with Gasteiger partial charge in [-0.05, 0) is 24.1 Å². The van der Waals surface area contributed by atoms with Crippen LogP contribution >= 0.6 is 15.9 Å². The highest BCUT2D eigenvalue weighted by Crippen LogP contribution is 2.37. The first-order valence-corrected chi connectivity index (χ1v) is 7.34. The summed E-state index contributed by atoms with van der Waals surface area (Å²) in [6.07, 6.45) is 2.26. The molecule has 0 saturated carbocycles. The predicted octanol–water partition coefficient (Wildman–Crippen LogP) is 3.51. The normalized spacial score (nSPS) is 12.9. The van der Waals surface area contributed by atoms with Crippen molar-refractivity contribution in [3.8, 4) is 11.5 Å². The van der Waals surface area contributed by atoms with Gasteiger partial charge in [0.15, 0.2) is 11.5 Å². The maximum Gasteiger partial charge on any atom is 0.231 e. The van der Waals surface area contributed by atoms with Crippen LogP contribution in [0.15, 0.2) is 16.6 Å². The van der Waals surface area contributed by atoms with Crippen LogP contribution in [0.1, 0.15) is 25.3 Å². The Morgan fingerprint density at radius 1 is 1.11 bits per heavy atom. The summed E-state index contributed by atoms with van der Waals surface area (Å²) in [6, 6.07) is 3.86. The van der Waals surface area contributed by atoms with Gasteiger partial charge in [0.25, 0.3) is 0 Å². The summed E-state index contributed by atoms with van der Waals surface area (Å²) in [6.45, 7) is 5.03. The van der Waals surface area contributed by atoms with Crippen molar-refractivity contribution in [2.45, 2.75) is 26.4 Å². The third kappa shape index (κ3) is 4.37. The minimum absolute atomic E-state index is 0.289. The van der Waals surface area contributed by atoms with Gasteiger partial charge in [0, 0.05) is 11.1 Å². The third-order valence-corrected chi connectivity index (χ3v) is 3.55. The van der Waals surface area contributed by atoms with Gasteiger partial charge in [-0.15, -0.1) is 0 Å². The fraction of sp³-hybridized carbons (Fsp3) is 0.571. The van der Waals surface area contributed by atoms with Gasteiger partial charge in [-0.1, -0.05) is 29.3 Å². The summed E-state index contributed by atoms with van der Waals surface area (Å²) in [7, 11) is 0. The molecule has 0 bridgehead atoms. The molecule has 0 spiro atoms. The molecule has 19 heavy (non-hydrogen) atoms. The van der Waals surface area contributed by atoms with Gasteiger partial charge >= 0.3 is 0 Å². The number of halogens is 1. The molecule has 0 aromatic heterocycles. The second-order valence-electron chi connectivity index (χ2n) is 4.32. The van der Waals surface area contributed by atoms with Gasteiger partial charge in [0.05, 0.1) is 19.8 Å². The van der Waals surface area contributed by atoms with Crippen LogP contribution in [0.5, 0.6) is 11.5 Å². The Bertz CT molecular complexity index is 409. The zero-order valence-electron chi connectivity index (χ0n) is 11.1. The lowest BCUT2D eigenvalue weighted by atomic mass is 10.2. The topological polar surface area (TPSA) is 36.9 Å². The second-order valence-corrected chi connectivity index (χ2v) is 5.17. The molecular formula is C14H19BrO4. The standard InChI is InChI=1S/C14H19BrO4/c1-2-3-4-16-5-6-17-9-11-7-13-14(8-12(11)15)19-10-18-13/h7-8H,2-6,9-10H2,1H3. The van der Waals surface area contributed by atoms with E-state index in [2.05, 4.69) is 22.9 Å². The lowest BCUT2D eigenvalue weighted by Gasteiger charge is -2.08. The van der Waals surface area contributed by atoms with Crippen LogP contribution in [0.25, 0.3) is 0 Å². The van der Waals surface area contributed by atoms with E-state index in [4.69, 9.17) is 18.9 Å². The molecule has 1 aromatic rings. The summed E-state index contributed by atoms with van der Waals surface area (Å²) < 4.78 is 22.6. The highest BCUT2D eigenvalue weighted by molar-refractivity contribution is 9.10. The molecule has 1 aliphatic rings. The van der Waals surface area contributed by atoms with E-state index in [0.717, 1.165) is 41.0 Å². The highest BCUT2D eigenvalue weighted by Gasteiger charge is 2.16. The van der Waals surface area contributed by atoms with Crippen LogP contribution < -0.4 is 9.47 Å². The SMILES string of the molecule is CCCCOCCOCc1cc2c(cc1Br)OCO2. The van der Waals surface area contributed by atoms with Gasteiger partial charge in [0.1, 0.15) is 0 Å². The molecule has 1 aromatic carbocycles. The van der Waals surface area contributed by atoms with Crippen molar-refractivity contribution in [2.75, 3.05) is 26.6 Å². The van der Waals surface area contributed by atoms with Gasteiger partial charge < -0.3 is 18.9 Å². The van der Waals surface area contributed by atoms with E-state index < -0.39 is 0 Å². The molecule has 0 aliphatic carbocycles. The summed E-state index contributed by atoms with van der Waals surface area (Å²) in [5.41, 5.74) is 1.05. The molecule has 106 valence electrons. The second kappa shape index (κ2) is 7.72. The third-order valence-electron chi connectivity index (χ3n) is 2.81. The van der Waals surface area contributed by atoms with Crippen LogP contribution in [0.3, 0.4) is 0 Å². The van der Waals surface area contributed by atoms with E-state index >= 15 is 0 Å². The number of benzene rings is 1. The van der Waals surface area contributed by atoms with E-state index in [1.165, 1.54) is 0 Å². The zero-order valence-corrected chi connectivity index (χ0v) is 12.7. The van der Waals surface area contributed by atoms with E-state index in [-0.39, 0.29) is 6.79 Å². The Balaban J connectivity index is 1.71. The number of ether oxygens (including phenoxy) is 4. The molecule has 1 heterocycles. The van der Waals surface area contributed by atoms with Crippen LogP contribution in [0.4, 0.5) is 0 Å². The Morgan fingerprint density at radius 3 is 2.63 bits per heavy atom. The first-order valence-electron chi connectivity index (χ1n) is 6.54. The van der Waals surface area contributed by atoms with Gasteiger partial charge in [-0.25, -0.2) is 0 Å². The molecule has 0 N–H and O–H groups in total. The van der Waals surface area contributed by atoms with Crippen LogP contribution in [0.2, 0.25) is 0 Å². The first-order chi connectivity index (χ1) is 9.31. The van der Waals surface area contributed by atoms with Gasteiger partial charge in [-0.2, -0.15) is 0 Å². The Labute approximate surface area is 122 Å². The summed E-state index contributed by atoms with van der Waals surface area (Å²) >= 11 is 3.51. The Hall–Kier alpha value is -0.780. The molecule has 4 nitrogen and oxygen atoms in total. The first kappa shape index (κ1) is 14.6. The van der Waals surface area contributed by atoms with E-state index in [9.17, 15) is 0 Å². The molecule has 1 aliphatic heterocycles. The van der Waals surface area contributed by atoms with Crippen molar-refractivity contribution in [1.82, 2.24) is 0 Å². The van der Waals surface area contributed by atoms with Crippen molar-refractivity contribution >= 4 is 15.9 Å². The summed E-state index contributed by atoms with van der Waals surface area (Å²) in [5.74, 6) is 1.56. The molecule has 0 saturated heterocycles. The number of unbranched alkanes of at least 4 members (excludes halogenated alkanes) is 1. The Kier molecular flexibility index (Phi) is 5.94. The van der Waals surface area contributed by atoms with Gasteiger partial charge in [0.2, 0.25) is 6.79 Å². The van der Waals surface area contributed by atoms with Crippen LogP contribution in [0, 0.1) is 0 Å². The van der Waals surface area contributed by atoms with Crippen molar-refractivity contribution in [3.05, 3.63) is 22.2 Å². The number of rotatable bonds is 8. The molecule has 0 amide bonds. The lowest BCUT2D eigenvalue weighted by molar-refractivity contribution is 0.0394. The smallest absolute Gasteiger partial charge is 0.231 e. The minimum Gasteiger partial charge on any atom is -0.454 e. The molecule has 2 rings (SSSR count). The molecular weight excluding hydrogens is 312 g/mol. The molecule has 0 radical (unpaired) electrons. The lowest BCUT2D eigenvalue weighted by Crippen LogP contribution is -2.05. The highest BCUT2D eigenvalue weighted by atomic mass is 79.9. The number of hydrogen-bond donors (Lipinski definition) is 0. The van der Waals surface area contributed by atoms with E-state index in [1.54, 1.807) is 0 Å². The molecule has 0 atom stereocenters. The molecule has 0 unspecified atom stereocenters. The van der Waals surface area contributed by atoms with Crippen molar-refractivity contribution in [2.24, 2.45) is 0 Å². The maximum atomic E-state index is 5.59. The largest absolute Gasteiger partial charge is 0.454 e. The average molecular weight is 331 g/mol. The molecule has 0 fully saturated rings. The van der Waals surface area contributed by atoms with E-state index in [0.29, 0.717) is 19.8 Å². The van der Waals surface area contributed by atoms with Crippen molar-refractivity contribution in [3.63, 3.8) is 0 Å². The minimum atomic E-state index is 0.289. The fourth-order valence-electron chi connectivity index (χ4n) is 1.72. The quantitative estimate of drug-likeness (QED) is 0.683. The summed E-state index contributed by atoms with van der Waals surface area (Å²) in [5, 5.41) is 0. The zero-order chi connectivity index (χ0) is 13.5.